The number of ether oxygens (including phenoxy) is 2. The minimum absolute atomic E-state index is 0.0468. The number of fused-ring (bicyclic) bond motifs is 3. The van der Waals surface area contributed by atoms with Crippen molar-refractivity contribution in [2.24, 2.45) is 22.7 Å². The van der Waals surface area contributed by atoms with Gasteiger partial charge in [-0.2, -0.15) is 0 Å². The summed E-state index contributed by atoms with van der Waals surface area (Å²) in [5, 5.41) is 23.2. The van der Waals surface area contributed by atoms with Crippen LogP contribution in [0.4, 0.5) is 0 Å². The lowest BCUT2D eigenvalue weighted by molar-refractivity contribution is -0.309. The molecular formula is C30H45NO4. The summed E-state index contributed by atoms with van der Waals surface area (Å²) in [6.07, 6.45) is 6.38. The molecule has 4 aliphatic carbocycles. The normalized spacial score (nSPS) is 42.1. The molecule has 1 aromatic carbocycles. The van der Waals surface area contributed by atoms with Crippen molar-refractivity contribution < 1.29 is 19.7 Å². The first-order chi connectivity index (χ1) is 16.4. The van der Waals surface area contributed by atoms with Crippen LogP contribution < -0.4 is 4.74 Å². The van der Waals surface area contributed by atoms with Crippen LogP contribution in [0.3, 0.4) is 0 Å². The summed E-state index contributed by atoms with van der Waals surface area (Å²) in [5.74, 6) is 1.69. The Morgan fingerprint density at radius 3 is 2.49 bits per heavy atom. The van der Waals surface area contributed by atoms with Gasteiger partial charge in [0.2, 0.25) is 0 Å². The second-order valence-corrected chi connectivity index (χ2v) is 13.9. The van der Waals surface area contributed by atoms with Crippen LogP contribution in [0, 0.1) is 29.6 Å². The Balaban J connectivity index is 1.59. The molecular weight excluding hydrogens is 438 g/mol. The summed E-state index contributed by atoms with van der Waals surface area (Å²) in [7, 11) is 1.82. The van der Waals surface area contributed by atoms with E-state index in [0.717, 1.165) is 38.1 Å². The molecule has 4 saturated carbocycles. The number of methoxy groups -OCH3 is 1. The average molecular weight is 484 g/mol. The first-order valence-electron chi connectivity index (χ1n) is 13.9. The molecule has 2 aliphatic heterocycles. The maximum absolute atomic E-state index is 12.2. The van der Waals surface area contributed by atoms with Crippen LogP contribution in [0.1, 0.15) is 84.3 Å². The summed E-state index contributed by atoms with van der Waals surface area (Å²) in [4.78, 5) is 2.75. The number of nitrogens with zero attached hydrogens (tertiary/aromatic N) is 1. The summed E-state index contributed by atoms with van der Waals surface area (Å²) in [6, 6.07) is 4.22. The van der Waals surface area contributed by atoms with Crippen molar-refractivity contribution in [2.45, 2.75) is 109 Å². The summed E-state index contributed by atoms with van der Waals surface area (Å²) in [5.41, 5.74) is 0.314. The summed E-state index contributed by atoms with van der Waals surface area (Å²) >= 11 is 0. The number of aryl methyl sites for hydroxylation is 1. The van der Waals surface area contributed by atoms with Crippen molar-refractivity contribution in [3.63, 3.8) is 0 Å². The molecule has 5 fully saturated rings. The molecule has 6 aliphatic rings. The van der Waals surface area contributed by atoms with Gasteiger partial charge in [-0.3, -0.25) is 4.90 Å². The van der Waals surface area contributed by atoms with Gasteiger partial charge in [-0.15, -0.1) is 0 Å². The number of phenolic OH excluding ortho intramolecular Hbond substituents is 1. The molecule has 194 valence electrons. The van der Waals surface area contributed by atoms with Gasteiger partial charge in [0.05, 0.1) is 5.60 Å². The second kappa shape index (κ2) is 7.17. The highest BCUT2D eigenvalue weighted by atomic mass is 16.6. The van der Waals surface area contributed by atoms with E-state index in [1.807, 2.05) is 14.0 Å². The van der Waals surface area contributed by atoms with Crippen molar-refractivity contribution in [2.75, 3.05) is 20.2 Å². The van der Waals surface area contributed by atoms with E-state index in [4.69, 9.17) is 9.47 Å². The third-order valence-corrected chi connectivity index (χ3v) is 11.8. The Hall–Kier alpha value is -1.30. The lowest BCUT2D eigenvalue weighted by atomic mass is 9.35. The molecule has 5 nitrogen and oxygen atoms in total. The van der Waals surface area contributed by atoms with E-state index in [2.05, 4.69) is 45.6 Å². The van der Waals surface area contributed by atoms with E-state index in [-0.39, 0.29) is 34.0 Å². The molecule has 2 spiro atoms. The Kier molecular flexibility index (Phi) is 4.93. The summed E-state index contributed by atoms with van der Waals surface area (Å²) < 4.78 is 13.5. The fourth-order valence-electron chi connectivity index (χ4n) is 9.22. The van der Waals surface area contributed by atoms with Crippen molar-refractivity contribution in [3.8, 4) is 11.5 Å². The van der Waals surface area contributed by atoms with E-state index in [1.165, 1.54) is 30.5 Å². The van der Waals surface area contributed by atoms with E-state index in [0.29, 0.717) is 11.8 Å². The quantitative estimate of drug-likeness (QED) is 0.617. The van der Waals surface area contributed by atoms with Crippen LogP contribution in [-0.4, -0.2) is 58.7 Å². The smallest absolute Gasteiger partial charge is 0.165 e. The van der Waals surface area contributed by atoms with Crippen molar-refractivity contribution in [1.29, 1.82) is 0 Å². The molecule has 7 rings (SSSR count). The molecule has 7 atom stereocenters. The van der Waals surface area contributed by atoms with Gasteiger partial charge < -0.3 is 19.7 Å². The fourth-order valence-corrected chi connectivity index (χ4v) is 9.22. The number of likely N-dealkylation sites (tertiary alicyclic amines) is 1. The van der Waals surface area contributed by atoms with E-state index in [9.17, 15) is 10.2 Å². The average Bonchev–Trinajstić information content (AvgIpc) is 3.54. The van der Waals surface area contributed by atoms with Crippen molar-refractivity contribution >= 4 is 0 Å². The van der Waals surface area contributed by atoms with Gasteiger partial charge in [0.25, 0.3) is 0 Å². The zero-order valence-electron chi connectivity index (χ0n) is 22.8. The third-order valence-electron chi connectivity index (χ3n) is 11.8. The number of benzene rings is 1. The molecule has 5 heteroatoms. The number of piperidine rings is 1. The van der Waals surface area contributed by atoms with Gasteiger partial charge in [0, 0.05) is 36.6 Å². The number of aliphatic hydroxyl groups is 1. The highest BCUT2D eigenvalue weighted by molar-refractivity contribution is 5.61. The topological polar surface area (TPSA) is 62.2 Å². The number of aromatic hydroxyl groups is 1. The van der Waals surface area contributed by atoms with E-state index >= 15 is 0 Å². The molecule has 2 heterocycles. The SMILES string of the molecule is CO[C@]12CC[C@@]3(C[C@@H]1[C@](C)(O)C(C)(C)C)[C@@H](C)N(CC1CC1)CC[C@@]31c3c(C)ccc(O)c3O[C@@H]21. The lowest BCUT2D eigenvalue weighted by Gasteiger charge is -2.74. The molecule has 2 bridgehead atoms. The maximum atomic E-state index is 12.2. The lowest BCUT2D eigenvalue weighted by Crippen LogP contribution is -2.81. The van der Waals surface area contributed by atoms with Crippen molar-refractivity contribution in [3.05, 3.63) is 23.3 Å². The third kappa shape index (κ3) is 2.76. The van der Waals surface area contributed by atoms with E-state index < -0.39 is 11.2 Å². The molecule has 1 saturated heterocycles. The predicted octanol–water partition coefficient (Wildman–Crippen LogP) is 5.19. The predicted molar refractivity (Wildman–Crippen MR) is 137 cm³/mol. The van der Waals surface area contributed by atoms with Gasteiger partial charge >= 0.3 is 0 Å². The Bertz CT molecular complexity index is 1040. The zero-order chi connectivity index (χ0) is 25.2. The number of hydrogen-bond donors (Lipinski definition) is 2. The largest absolute Gasteiger partial charge is 0.504 e. The second-order valence-electron chi connectivity index (χ2n) is 13.9. The molecule has 0 radical (unpaired) electrons. The van der Waals surface area contributed by atoms with Crippen LogP contribution >= 0.6 is 0 Å². The van der Waals surface area contributed by atoms with Crippen LogP contribution in [0.5, 0.6) is 11.5 Å². The first kappa shape index (κ1) is 24.1. The molecule has 35 heavy (non-hydrogen) atoms. The summed E-state index contributed by atoms with van der Waals surface area (Å²) in [6.45, 7) is 15.3. The molecule has 0 unspecified atom stereocenters. The highest BCUT2D eigenvalue weighted by Crippen LogP contribution is 2.76. The number of phenols is 1. The van der Waals surface area contributed by atoms with Crippen LogP contribution in [0.25, 0.3) is 0 Å². The van der Waals surface area contributed by atoms with Gasteiger partial charge in [-0.05, 0) is 94.2 Å². The first-order valence-corrected chi connectivity index (χ1v) is 13.9. The Labute approximate surface area is 211 Å². The van der Waals surface area contributed by atoms with Crippen LogP contribution in [0.2, 0.25) is 0 Å². The maximum Gasteiger partial charge on any atom is 0.165 e. The molecule has 2 N–H and O–H groups in total. The molecule has 0 aromatic heterocycles. The van der Waals surface area contributed by atoms with Crippen molar-refractivity contribution in [1.82, 2.24) is 4.90 Å². The molecule has 1 aromatic rings. The zero-order valence-corrected chi connectivity index (χ0v) is 22.8. The van der Waals surface area contributed by atoms with Gasteiger partial charge in [-0.1, -0.05) is 26.8 Å². The Morgan fingerprint density at radius 2 is 1.86 bits per heavy atom. The minimum atomic E-state index is -0.934. The van der Waals surface area contributed by atoms with Crippen LogP contribution in [-0.2, 0) is 10.2 Å². The number of hydrogen-bond acceptors (Lipinski definition) is 5. The van der Waals surface area contributed by atoms with Gasteiger partial charge in [0.1, 0.15) is 11.7 Å². The number of rotatable bonds is 4. The standard InChI is InChI=1S/C30H45NO4/c1-18-8-11-21(32)24-23(18)29-14-15-31(17-20-9-10-20)19(2)28(29)12-13-30(34-7,25(29)35-24)22(16-28)27(6,33)26(3,4)5/h8,11,19-20,22,25,32-33H,9-10,12-17H2,1-7H3/t19-,22-,25-,27+,28-,29+,30-/m1/s1. The monoisotopic (exact) mass is 483 g/mol. The van der Waals surface area contributed by atoms with Gasteiger partial charge in [-0.25, -0.2) is 0 Å². The fraction of sp³-hybridized carbons (Fsp3) is 0.800. The van der Waals surface area contributed by atoms with Gasteiger partial charge in [0.15, 0.2) is 11.5 Å². The van der Waals surface area contributed by atoms with E-state index in [1.54, 1.807) is 6.07 Å². The molecule has 0 amide bonds. The Morgan fingerprint density at radius 1 is 1.14 bits per heavy atom. The minimum Gasteiger partial charge on any atom is -0.504 e. The highest BCUT2D eigenvalue weighted by Gasteiger charge is 2.80. The van der Waals surface area contributed by atoms with Crippen LogP contribution in [0.15, 0.2) is 12.1 Å².